The standard InChI is InChI=1S/C22H26N2O2S/c1-16-9-8-12-19(22(26)24-13-6-7-14-24)20(16)23-21(25)17(2)27-15-18-10-4-3-5-11-18/h3-5,8-12,17H,6-7,13-15H2,1-2H3,(H,23,25). The van der Waals surface area contributed by atoms with E-state index in [0.717, 1.165) is 37.2 Å². The number of carbonyl (C=O) groups excluding carboxylic acids is 2. The van der Waals surface area contributed by atoms with Gasteiger partial charge >= 0.3 is 0 Å². The third kappa shape index (κ3) is 4.92. The molecule has 2 aromatic rings. The average Bonchev–Trinajstić information content (AvgIpc) is 3.22. The molecular weight excluding hydrogens is 356 g/mol. The summed E-state index contributed by atoms with van der Waals surface area (Å²) >= 11 is 1.59. The van der Waals surface area contributed by atoms with Gasteiger partial charge < -0.3 is 10.2 Å². The monoisotopic (exact) mass is 382 g/mol. The smallest absolute Gasteiger partial charge is 0.255 e. The normalized spacial score (nSPS) is 14.8. The van der Waals surface area contributed by atoms with Crippen molar-refractivity contribution in [3.63, 3.8) is 0 Å². The van der Waals surface area contributed by atoms with Crippen molar-refractivity contribution in [3.8, 4) is 0 Å². The molecule has 0 radical (unpaired) electrons. The highest BCUT2D eigenvalue weighted by atomic mass is 32.2. The van der Waals surface area contributed by atoms with Gasteiger partial charge in [0.25, 0.3) is 5.91 Å². The lowest BCUT2D eigenvalue weighted by Crippen LogP contribution is -2.30. The van der Waals surface area contributed by atoms with Crippen molar-refractivity contribution in [3.05, 3.63) is 65.2 Å². The molecule has 0 saturated carbocycles. The van der Waals surface area contributed by atoms with Crippen LogP contribution in [-0.2, 0) is 10.5 Å². The van der Waals surface area contributed by atoms with Crippen molar-refractivity contribution in [2.75, 3.05) is 18.4 Å². The molecule has 142 valence electrons. The maximum Gasteiger partial charge on any atom is 0.255 e. The first-order valence-corrected chi connectivity index (χ1v) is 10.5. The first kappa shape index (κ1) is 19.5. The minimum atomic E-state index is -0.209. The van der Waals surface area contributed by atoms with Crippen LogP contribution < -0.4 is 5.32 Å². The molecule has 5 heteroatoms. The van der Waals surface area contributed by atoms with E-state index in [9.17, 15) is 9.59 Å². The lowest BCUT2D eigenvalue weighted by Gasteiger charge is -2.20. The Balaban J connectivity index is 1.68. The molecule has 0 aromatic heterocycles. The molecule has 1 N–H and O–H groups in total. The number of nitrogens with zero attached hydrogens (tertiary/aromatic N) is 1. The molecule has 0 spiro atoms. The van der Waals surface area contributed by atoms with E-state index in [2.05, 4.69) is 17.4 Å². The summed E-state index contributed by atoms with van der Waals surface area (Å²) in [6.45, 7) is 5.42. The van der Waals surface area contributed by atoms with Gasteiger partial charge in [-0.3, -0.25) is 9.59 Å². The van der Waals surface area contributed by atoms with Gasteiger partial charge in [-0.25, -0.2) is 0 Å². The summed E-state index contributed by atoms with van der Waals surface area (Å²) in [4.78, 5) is 27.4. The summed E-state index contributed by atoms with van der Waals surface area (Å²) in [7, 11) is 0. The van der Waals surface area contributed by atoms with Crippen LogP contribution in [0.1, 0.15) is 41.3 Å². The van der Waals surface area contributed by atoms with Gasteiger partial charge in [0.2, 0.25) is 5.91 Å². The molecule has 1 atom stereocenters. The molecule has 1 aliphatic rings. The molecule has 1 fully saturated rings. The zero-order chi connectivity index (χ0) is 19.2. The third-order valence-electron chi connectivity index (χ3n) is 4.86. The number of thioether (sulfide) groups is 1. The molecule has 2 aromatic carbocycles. The number of benzene rings is 2. The summed E-state index contributed by atoms with van der Waals surface area (Å²) in [6, 6.07) is 15.7. The van der Waals surface area contributed by atoms with Gasteiger partial charge in [0.05, 0.1) is 16.5 Å². The van der Waals surface area contributed by atoms with Crippen molar-refractivity contribution in [2.24, 2.45) is 0 Å². The highest BCUT2D eigenvalue weighted by Crippen LogP contribution is 2.26. The molecule has 1 unspecified atom stereocenters. The van der Waals surface area contributed by atoms with E-state index in [1.165, 1.54) is 5.56 Å². The number of rotatable bonds is 6. The number of carbonyl (C=O) groups is 2. The molecule has 0 bridgehead atoms. The highest BCUT2D eigenvalue weighted by Gasteiger charge is 2.24. The Labute approximate surface area is 165 Å². The molecule has 4 nitrogen and oxygen atoms in total. The van der Waals surface area contributed by atoms with Gasteiger partial charge in [-0.05, 0) is 43.9 Å². The molecular formula is C22H26N2O2S. The first-order chi connectivity index (χ1) is 13.1. The fourth-order valence-corrected chi connectivity index (χ4v) is 4.04. The summed E-state index contributed by atoms with van der Waals surface area (Å²) in [6.07, 6.45) is 2.10. The summed E-state index contributed by atoms with van der Waals surface area (Å²) in [5.74, 6) is 0.722. The lowest BCUT2D eigenvalue weighted by atomic mass is 10.1. The van der Waals surface area contributed by atoms with Gasteiger partial charge in [-0.2, -0.15) is 0 Å². The van der Waals surface area contributed by atoms with Crippen LogP contribution in [0.25, 0.3) is 0 Å². The maximum absolute atomic E-state index is 12.9. The average molecular weight is 383 g/mol. The predicted molar refractivity (Wildman–Crippen MR) is 112 cm³/mol. The van der Waals surface area contributed by atoms with Crippen molar-refractivity contribution in [1.29, 1.82) is 0 Å². The van der Waals surface area contributed by atoms with Gasteiger partial charge in [0.15, 0.2) is 0 Å². The Bertz CT molecular complexity index is 801. The number of anilines is 1. The fraction of sp³-hybridized carbons (Fsp3) is 0.364. The number of hydrogen-bond acceptors (Lipinski definition) is 3. The minimum absolute atomic E-state index is 0.0103. The van der Waals surface area contributed by atoms with Crippen molar-refractivity contribution >= 4 is 29.3 Å². The van der Waals surface area contributed by atoms with Crippen LogP contribution in [0.15, 0.2) is 48.5 Å². The molecule has 1 aliphatic heterocycles. The van der Waals surface area contributed by atoms with Crippen LogP contribution in [-0.4, -0.2) is 35.1 Å². The predicted octanol–water partition coefficient (Wildman–Crippen LogP) is 4.49. The van der Waals surface area contributed by atoms with E-state index in [1.807, 2.05) is 55.1 Å². The molecule has 1 heterocycles. The Morgan fingerprint density at radius 1 is 1.07 bits per heavy atom. The summed E-state index contributed by atoms with van der Waals surface area (Å²) in [5.41, 5.74) is 3.34. The number of likely N-dealkylation sites (tertiary alicyclic amines) is 1. The molecule has 27 heavy (non-hydrogen) atoms. The third-order valence-corrected chi connectivity index (χ3v) is 6.07. The largest absolute Gasteiger partial charge is 0.339 e. The topological polar surface area (TPSA) is 49.4 Å². The van der Waals surface area contributed by atoms with E-state index in [0.29, 0.717) is 11.3 Å². The maximum atomic E-state index is 12.9. The number of aryl methyl sites for hydroxylation is 1. The Morgan fingerprint density at radius 3 is 2.48 bits per heavy atom. The second kappa shape index (κ2) is 9.09. The quantitative estimate of drug-likeness (QED) is 0.801. The second-order valence-electron chi connectivity index (χ2n) is 6.92. The van der Waals surface area contributed by atoms with E-state index in [4.69, 9.17) is 0 Å². The molecule has 2 amide bonds. The van der Waals surface area contributed by atoms with E-state index in [-0.39, 0.29) is 17.1 Å². The number of amides is 2. The lowest BCUT2D eigenvalue weighted by molar-refractivity contribution is -0.115. The van der Waals surface area contributed by atoms with Gasteiger partial charge in [-0.1, -0.05) is 42.5 Å². The van der Waals surface area contributed by atoms with E-state index >= 15 is 0 Å². The first-order valence-electron chi connectivity index (χ1n) is 9.41. The Hall–Kier alpha value is -2.27. The Morgan fingerprint density at radius 2 is 1.78 bits per heavy atom. The molecule has 0 aliphatic carbocycles. The van der Waals surface area contributed by atoms with Crippen LogP contribution in [0.4, 0.5) is 5.69 Å². The van der Waals surface area contributed by atoms with Crippen molar-refractivity contribution in [1.82, 2.24) is 4.90 Å². The van der Waals surface area contributed by atoms with Crippen LogP contribution >= 0.6 is 11.8 Å². The fourth-order valence-electron chi connectivity index (χ4n) is 3.20. The molecule has 1 saturated heterocycles. The number of hydrogen-bond donors (Lipinski definition) is 1. The van der Waals surface area contributed by atoms with Crippen LogP contribution in [0.2, 0.25) is 0 Å². The zero-order valence-electron chi connectivity index (χ0n) is 15.9. The van der Waals surface area contributed by atoms with Crippen LogP contribution in [0, 0.1) is 6.92 Å². The minimum Gasteiger partial charge on any atom is -0.339 e. The number of para-hydroxylation sites is 1. The van der Waals surface area contributed by atoms with E-state index in [1.54, 1.807) is 11.8 Å². The van der Waals surface area contributed by atoms with Gasteiger partial charge in [-0.15, -0.1) is 11.8 Å². The molecule has 3 rings (SSSR count). The zero-order valence-corrected chi connectivity index (χ0v) is 16.7. The van der Waals surface area contributed by atoms with Crippen molar-refractivity contribution in [2.45, 2.75) is 37.7 Å². The Kier molecular flexibility index (Phi) is 6.56. The van der Waals surface area contributed by atoms with Crippen LogP contribution in [0.3, 0.4) is 0 Å². The van der Waals surface area contributed by atoms with Gasteiger partial charge in [0, 0.05) is 18.8 Å². The summed E-state index contributed by atoms with van der Waals surface area (Å²) < 4.78 is 0. The van der Waals surface area contributed by atoms with Gasteiger partial charge in [0.1, 0.15) is 0 Å². The summed E-state index contributed by atoms with van der Waals surface area (Å²) in [5, 5.41) is 2.80. The van der Waals surface area contributed by atoms with Crippen molar-refractivity contribution < 1.29 is 9.59 Å². The van der Waals surface area contributed by atoms with E-state index < -0.39 is 0 Å². The van der Waals surface area contributed by atoms with Crippen LogP contribution in [0.5, 0.6) is 0 Å². The highest BCUT2D eigenvalue weighted by molar-refractivity contribution is 7.99. The number of nitrogens with one attached hydrogen (secondary N) is 1. The second-order valence-corrected chi connectivity index (χ2v) is 8.25. The SMILES string of the molecule is Cc1cccc(C(=O)N2CCCC2)c1NC(=O)C(C)SCc1ccccc1.